The van der Waals surface area contributed by atoms with Crippen LogP contribution in [0.4, 0.5) is 13.2 Å². The lowest BCUT2D eigenvalue weighted by molar-refractivity contribution is 0.127. The van der Waals surface area contributed by atoms with Crippen LogP contribution in [0.15, 0.2) is 12.1 Å². The number of rotatable bonds is 3. The third-order valence-corrected chi connectivity index (χ3v) is 2.98. The van der Waals surface area contributed by atoms with Crippen LogP contribution in [0.2, 0.25) is 5.02 Å². The highest BCUT2D eigenvalue weighted by Crippen LogP contribution is 2.28. The standard InChI is InChI=1S/C11H9Cl2F3N2/c1-5(12)11-17-8-2-6(13)7(14)3-9(8)18(11)4-10(15)16/h2-3,5,10H,4H2,1H3. The molecule has 0 saturated heterocycles. The fourth-order valence-corrected chi connectivity index (χ4v) is 2.10. The zero-order chi connectivity index (χ0) is 13.4. The normalized spacial score (nSPS) is 13.5. The third kappa shape index (κ3) is 2.42. The maximum absolute atomic E-state index is 13.4. The second kappa shape index (κ2) is 4.97. The van der Waals surface area contributed by atoms with Crippen molar-refractivity contribution in [3.05, 3.63) is 28.8 Å². The molecule has 0 aliphatic heterocycles. The van der Waals surface area contributed by atoms with Gasteiger partial charge in [-0.15, -0.1) is 11.6 Å². The van der Waals surface area contributed by atoms with Gasteiger partial charge in [-0.2, -0.15) is 0 Å². The zero-order valence-corrected chi connectivity index (χ0v) is 10.8. The predicted octanol–water partition coefficient (Wildman–Crippen LogP) is 4.39. The molecule has 98 valence electrons. The van der Waals surface area contributed by atoms with Crippen molar-refractivity contribution >= 4 is 34.2 Å². The summed E-state index contributed by atoms with van der Waals surface area (Å²) in [6.45, 7) is 1.03. The molecule has 0 fully saturated rings. The molecule has 1 aromatic heterocycles. The van der Waals surface area contributed by atoms with Gasteiger partial charge in [0.1, 0.15) is 11.6 Å². The lowest BCUT2D eigenvalue weighted by Crippen LogP contribution is -2.10. The molecule has 1 heterocycles. The van der Waals surface area contributed by atoms with E-state index < -0.39 is 24.2 Å². The van der Waals surface area contributed by atoms with Crippen molar-refractivity contribution in [1.29, 1.82) is 0 Å². The van der Waals surface area contributed by atoms with Gasteiger partial charge in [0.2, 0.25) is 0 Å². The molecule has 0 amide bonds. The SMILES string of the molecule is CC(Cl)c1nc2cc(Cl)c(F)cc2n1CC(F)F. The van der Waals surface area contributed by atoms with E-state index in [1.807, 2.05) is 0 Å². The van der Waals surface area contributed by atoms with Gasteiger partial charge in [-0.25, -0.2) is 18.2 Å². The van der Waals surface area contributed by atoms with E-state index in [2.05, 4.69) is 4.98 Å². The first-order valence-corrected chi connectivity index (χ1v) is 5.99. The van der Waals surface area contributed by atoms with Crippen LogP contribution in [-0.2, 0) is 6.54 Å². The summed E-state index contributed by atoms with van der Waals surface area (Å²) in [5, 5.41) is -0.657. The summed E-state index contributed by atoms with van der Waals surface area (Å²) in [7, 11) is 0. The summed E-state index contributed by atoms with van der Waals surface area (Å²) in [6, 6.07) is 2.40. The highest BCUT2D eigenvalue weighted by Gasteiger charge is 2.19. The first kappa shape index (κ1) is 13.5. The van der Waals surface area contributed by atoms with Gasteiger partial charge in [0, 0.05) is 6.07 Å². The van der Waals surface area contributed by atoms with Gasteiger partial charge < -0.3 is 4.57 Å². The van der Waals surface area contributed by atoms with Gasteiger partial charge in [0.25, 0.3) is 6.43 Å². The van der Waals surface area contributed by atoms with Crippen LogP contribution in [-0.4, -0.2) is 16.0 Å². The van der Waals surface area contributed by atoms with Gasteiger partial charge in [-0.1, -0.05) is 11.6 Å². The van der Waals surface area contributed by atoms with Gasteiger partial charge >= 0.3 is 0 Å². The van der Waals surface area contributed by atoms with Crippen LogP contribution < -0.4 is 0 Å². The number of hydrogen-bond donors (Lipinski definition) is 0. The first-order valence-electron chi connectivity index (χ1n) is 5.17. The average molecular weight is 297 g/mol. The Morgan fingerprint density at radius 3 is 2.61 bits per heavy atom. The molecule has 2 nitrogen and oxygen atoms in total. The van der Waals surface area contributed by atoms with Crippen LogP contribution in [0.3, 0.4) is 0 Å². The van der Waals surface area contributed by atoms with Crippen LogP contribution in [0.5, 0.6) is 0 Å². The topological polar surface area (TPSA) is 17.8 Å². The van der Waals surface area contributed by atoms with Crippen molar-refractivity contribution < 1.29 is 13.2 Å². The largest absolute Gasteiger partial charge is 0.321 e. The van der Waals surface area contributed by atoms with Crippen LogP contribution in [0.1, 0.15) is 18.1 Å². The summed E-state index contributed by atoms with van der Waals surface area (Å²) < 4.78 is 39.7. The molecule has 2 rings (SSSR count). The predicted molar refractivity (Wildman–Crippen MR) is 65.0 cm³/mol. The van der Waals surface area contributed by atoms with Gasteiger partial charge in [0.05, 0.1) is 28.0 Å². The minimum Gasteiger partial charge on any atom is -0.321 e. The number of imidazole rings is 1. The highest BCUT2D eigenvalue weighted by molar-refractivity contribution is 6.31. The highest BCUT2D eigenvalue weighted by atomic mass is 35.5. The Bertz CT molecular complexity index is 581. The molecular weight excluding hydrogens is 288 g/mol. The lowest BCUT2D eigenvalue weighted by Gasteiger charge is -2.09. The molecule has 1 aromatic carbocycles. The minimum absolute atomic E-state index is 0.0991. The molecule has 2 aromatic rings. The molecule has 1 unspecified atom stereocenters. The summed E-state index contributed by atoms with van der Waals surface area (Å²) in [6.07, 6.45) is -2.57. The van der Waals surface area contributed by atoms with Gasteiger partial charge in [-0.05, 0) is 13.0 Å². The molecule has 0 saturated carbocycles. The van der Waals surface area contributed by atoms with Crippen molar-refractivity contribution in [2.75, 3.05) is 0 Å². The number of aromatic nitrogens is 2. The van der Waals surface area contributed by atoms with E-state index >= 15 is 0 Å². The van der Waals surface area contributed by atoms with Crippen LogP contribution in [0.25, 0.3) is 11.0 Å². The van der Waals surface area contributed by atoms with E-state index in [4.69, 9.17) is 23.2 Å². The second-order valence-corrected chi connectivity index (χ2v) is 4.90. The van der Waals surface area contributed by atoms with E-state index in [1.165, 1.54) is 10.6 Å². The molecule has 1 atom stereocenters. The number of fused-ring (bicyclic) bond motifs is 1. The van der Waals surface area contributed by atoms with Crippen molar-refractivity contribution in [3.63, 3.8) is 0 Å². The maximum atomic E-state index is 13.4. The van der Waals surface area contributed by atoms with E-state index in [9.17, 15) is 13.2 Å². The average Bonchev–Trinajstić information content (AvgIpc) is 2.57. The zero-order valence-electron chi connectivity index (χ0n) is 9.30. The Hall–Kier alpha value is -0.940. The Balaban J connectivity index is 2.68. The smallest absolute Gasteiger partial charge is 0.256 e. The molecule has 18 heavy (non-hydrogen) atoms. The number of alkyl halides is 3. The molecule has 0 aliphatic rings. The Morgan fingerprint density at radius 2 is 2.06 bits per heavy atom. The summed E-state index contributed by atoms with van der Waals surface area (Å²) in [5.41, 5.74) is 0.615. The fraction of sp³-hybridized carbons (Fsp3) is 0.364. The Labute approximate surface area is 111 Å². The summed E-state index contributed by atoms with van der Waals surface area (Å²) in [4.78, 5) is 4.11. The number of halogens is 5. The molecule has 7 heteroatoms. The first-order chi connectivity index (χ1) is 8.40. The number of hydrogen-bond acceptors (Lipinski definition) is 1. The lowest BCUT2D eigenvalue weighted by atomic mass is 10.3. The van der Waals surface area contributed by atoms with Crippen LogP contribution in [0, 0.1) is 5.82 Å². The van der Waals surface area contributed by atoms with Crippen molar-refractivity contribution in [3.8, 4) is 0 Å². The summed E-state index contributed by atoms with van der Waals surface area (Å²) in [5.74, 6) is -0.401. The van der Waals surface area contributed by atoms with Crippen molar-refractivity contribution in [2.45, 2.75) is 25.3 Å². The van der Waals surface area contributed by atoms with Crippen LogP contribution >= 0.6 is 23.2 Å². The summed E-state index contributed by atoms with van der Waals surface area (Å²) >= 11 is 11.5. The van der Waals surface area contributed by atoms with E-state index in [-0.39, 0.29) is 16.4 Å². The fourth-order valence-electron chi connectivity index (χ4n) is 1.77. The minimum atomic E-state index is -2.57. The quantitative estimate of drug-likeness (QED) is 0.768. The second-order valence-electron chi connectivity index (χ2n) is 3.84. The maximum Gasteiger partial charge on any atom is 0.256 e. The van der Waals surface area contributed by atoms with E-state index in [0.717, 1.165) is 6.07 Å². The molecule has 0 N–H and O–H groups in total. The van der Waals surface area contributed by atoms with Gasteiger partial charge in [0.15, 0.2) is 0 Å². The van der Waals surface area contributed by atoms with Crippen molar-refractivity contribution in [2.24, 2.45) is 0 Å². The monoisotopic (exact) mass is 296 g/mol. The molecule has 0 radical (unpaired) electrons. The third-order valence-electron chi connectivity index (χ3n) is 2.50. The Kier molecular flexibility index (Phi) is 3.73. The number of nitrogens with zero attached hydrogens (tertiary/aromatic N) is 2. The Morgan fingerprint density at radius 1 is 1.39 bits per heavy atom. The molecule has 0 bridgehead atoms. The molecule has 0 aliphatic carbocycles. The van der Waals surface area contributed by atoms with E-state index in [1.54, 1.807) is 6.92 Å². The number of benzene rings is 1. The van der Waals surface area contributed by atoms with Gasteiger partial charge in [-0.3, -0.25) is 0 Å². The van der Waals surface area contributed by atoms with E-state index in [0.29, 0.717) is 5.52 Å². The molecule has 0 spiro atoms. The van der Waals surface area contributed by atoms with Crippen molar-refractivity contribution in [1.82, 2.24) is 9.55 Å². The molecular formula is C11H9Cl2F3N2.